The maximum atomic E-state index is 5.21. The zero-order valence-electron chi connectivity index (χ0n) is 6.84. The van der Waals surface area contributed by atoms with E-state index in [1.165, 1.54) is 12.8 Å². The van der Waals surface area contributed by atoms with Gasteiger partial charge in [0, 0.05) is 0 Å². The zero-order valence-corrected chi connectivity index (χ0v) is 6.84. The topological polar surface area (TPSA) is 9.23 Å². The second-order valence-corrected chi connectivity index (χ2v) is 3.18. The zero-order chi connectivity index (χ0) is 7.40. The lowest BCUT2D eigenvalue weighted by Gasteiger charge is -2.18. The molecule has 0 aliphatic carbocycles. The van der Waals surface area contributed by atoms with Crippen LogP contribution in [0.2, 0.25) is 0 Å². The Morgan fingerprint density at radius 1 is 1.40 bits per heavy atom. The summed E-state index contributed by atoms with van der Waals surface area (Å²) in [5.74, 6) is 1.50. The third-order valence-corrected chi connectivity index (χ3v) is 2.30. The lowest BCUT2D eigenvalue weighted by molar-refractivity contribution is 0.214. The van der Waals surface area contributed by atoms with E-state index in [9.17, 15) is 0 Å². The molecule has 0 bridgehead atoms. The van der Waals surface area contributed by atoms with Crippen molar-refractivity contribution in [3.8, 4) is 0 Å². The molecule has 2 unspecified atom stereocenters. The second kappa shape index (κ2) is 3.65. The van der Waals surface area contributed by atoms with Crippen molar-refractivity contribution in [2.24, 2.45) is 11.8 Å². The van der Waals surface area contributed by atoms with E-state index in [0.717, 1.165) is 12.5 Å². The van der Waals surface area contributed by atoms with E-state index in [1.807, 2.05) is 6.26 Å². The first-order valence-electron chi connectivity index (χ1n) is 4.09. The molecule has 0 aromatic heterocycles. The molecule has 0 aromatic carbocycles. The second-order valence-electron chi connectivity index (χ2n) is 3.18. The van der Waals surface area contributed by atoms with Gasteiger partial charge >= 0.3 is 0 Å². The molecule has 0 saturated heterocycles. The highest BCUT2D eigenvalue weighted by molar-refractivity contribution is 4.84. The van der Waals surface area contributed by atoms with Crippen LogP contribution in [0.3, 0.4) is 0 Å². The predicted molar refractivity (Wildman–Crippen MR) is 42.7 cm³/mol. The molecule has 0 fully saturated rings. The number of rotatable bonds is 0. The number of hydrogen-bond donors (Lipinski definition) is 0. The molecule has 1 nitrogen and oxygen atoms in total. The number of ether oxygens (including phenoxy) is 1. The summed E-state index contributed by atoms with van der Waals surface area (Å²) in [6.07, 6.45) is 6.51. The number of allylic oxidation sites excluding steroid dienone is 1. The van der Waals surface area contributed by atoms with Crippen molar-refractivity contribution in [3.63, 3.8) is 0 Å². The van der Waals surface area contributed by atoms with Crippen LogP contribution in [0.4, 0.5) is 0 Å². The van der Waals surface area contributed by atoms with Gasteiger partial charge in [-0.15, -0.1) is 0 Å². The van der Waals surface area contributed by atoms with Crippen LogP contribution in [0.1, 0.15) is 26.7 Å². The Labute approximate surface area is 63.1 Å². The molecule has 2 atom stereocenters. The maximum absolute atomic E-state index is 5.21. The molecule has 0 amide bonds. The van der Waals surface area contributed by atoms with Gasteiger partial charge in [-0.25, -0.2) is 0 Å². The number of hydrogen-bond acceptors (Lipinski definition) is 1. The van der Waals surface area contributed by atoms with Gasteiger partial charge in [-0.2, -0.15) is 0 Å². The summed E-state index contributed by atoms with van der Waals surface area (Å²) in [5.41, 5.74) is 0. The third kappa shape index (κ3) is 2.05. The van der Waals surface area contributed by atoms with Gasteiger partial charge in [0.2, 0.25) is 0 Å². The molecule has 58 valence electrons. The molecule has 1 heterocycles. The Hall–Kier alpha value is -0.460. The molecule has 0 saturated carbocycles. The fourth-order valence-corrected chi connectivity index (χ4v) is 1.19. The molecule has 10 heavy (non-hydrogen) atoms. The third-order valence-electron chi connectivity index (χ3n) is 2.30. The van der Waals surface area contributed by atoms with Crippen LogP contribution in [-0.2, 0) is 4.74 Å². The smallest absolute Gasteiger partial charge is 0.0873 e. The van der Waals surface area contributed by atoms with Crippen LogP contribution >= 0.6 is 0 Å². The minimum atomic E-state index is 0.681. The highest BCUT2D eigenvalue weighted by Gasteiger charge is 2.10. The quantitative estimate of drug-likeness (QED) is 0.502. The SMILES string of the molecule is CC1/C=C/OCCCC1C. The standard InChI is InChI=1S/C9H16O/c1-8-4-3-6-10-7-5-9(8)2/h5,7-9H,3-4,6H2,1-2H3/b7-5+. The van der Waals surface area contributed by atoms with Gasteiger partial charge in [-0.1, -0.05) is 13.8 Å². The highest BCUT2D eigenvalue weighted by atomic mass is 16.5. The van der Waals surface area contributed by atoms with Gasteiger partial charge in [0.15, 0.2) is 0 Å². The first-order valence-corrected chi connectivity index (χ1v) is 4.09. The van der Waals surface area contributed by atoms with Gasteiger partial charge in [0.25, 0.3) is 0 Å². The average molecular weight is 140 g/mol. The summed E-state index contributed by atoms with van der Waals surface area (Å²) in [6, 6.07) is 0. The summed E-state index contributed by atoms with van der Waals surface area (Å²) in [7, 11) is 0. The van der Waals surface area contributed by atoms with Crippen molar-refractivity contribution in [2.75, 3.05) is 6.61 Å². The lowest BCUT2D eigenvalue weighted by atomic mass is 9.91. The summed E-state index contributed by atoms with van der Waals surface area (Å²) in [4.78, 5) is 0. The monoisotopic (exact) mass is 140 g/mol. The lowest BCUT2D eigenvalue weighted by Crippen LogP contribution is -2.08. The molecule has 0 N–H and O–H groups in total. The Morgan fingerprint density at radius 3 is 3.00 bits per heavy atom. The molecular weight excluding hydrogens is 124 g/mol. The van der Waals surface area contributed by atoms with Crippen LogP contribution in [-0.4, -0.2) is 6.61 Å². The minimum absolute atomic E-state index is 0.681. The van der Waals surface area contributed by atoms with Crippen molar-refractivity contribution in [2.45, 2.75) is 26.7 Å². The maximum Gasteiger partial charge on any atom is 0.0873 e. The van der Waals surface area contributed by atoms with Crippen molar-refractivity contribution in [3.05, 3.63) is 12.3 Å². The van der Waals surface area contributed by atoms with Crippen LogP contribution < -0.4 is 0 Å². The van der Waals surface area contributed by atoms with Gasteiger partial charge < -0.3 is 4.74 Å². The van der Waals surface area contributed by atoms with Gasteiger partial charge in [0.05, 0.1) is 12.9 Å². The Bertz CT molecular complexity index is 118. The van der Waals surface area contributed by atoms with Crippen molar-refractivity contribution in [1.82, 2.24) is 0 Å². The fraction of sp³-hybridized carbons (Fsp3) is 0.778. The molecule has 1 aliphatic heterocycles. The molecule has 0 radical (unpaired) electrons. The summed E-state index contributed by atoms with van der Waals surface area (Å²) in [5, 5.41) is 0. The normalized spacial score (nSPS) is 37.4. The Balaban J connectivity index is 2.44. The summed E-state index contributed by atoms with van der Waals surface area (Å²) in [6.45, 7) is 5.45. The van der Waals surface area contributed by atoms with E-state index >= 15 is 0 Å². The Morgan fingerprint density at radius 2 is 2.20 bits per heavy atom. The molecular formula is C9H16O. The van der Waals surface area contributed by atoms with Crippen LogP contribution in [0.5, 0.6) is 0 Å². The summed E-state index contributed by atoms with van der Waals surface area (Å²) < 4.78 is 5.21. The van der Waals surface area contributed by atoms with Crippen molar-refractivity contribution >= 4 is 0 Å². The van der Waals surface area contributed by atoms with Gasteiger partial charge in [-0.3, -0.25) is 0 Å². The fourth-order valence-electron chi connectivity index (χ4n) is 1.19. The Kier molecular flexibility index (Phi) is 2.79. The van der Waals surface area contributed by atoms with E-state index < -0.39 is 0 Å². The van der Waals surface area contributed by atoms with Gasteiger partial charge in [0.1, 0.15) is 0 Å². The van der Waals surface area contributed by atoms with Crippen molar-refractivity contribution < 1.29 is 4.74 Å². The van der Waals surface area contributed by atoms with E-state index in [2.05, 4.69) is 19.9 Å². The first-order chi connectivity index (χ1) is 4.80. The summed E-state index contributed by atoms with van der Waals surface area (Å²) >= 11 is 0. The minimum Gasteiger partial charge on any atom is -0.502 e. The van der Waals surface area contributed by atoms with Crippen LogP contribution in [0, 0.1) is 11.8 Å². The first kappa shape index (κ1) is 7.64. The largest absolute Gasteiger partial charge is 0.502 e. The highest BCUT2D eigenvalue weighted by Crippen LogP contribution is 2.19. The van der Waals surface area contributed by atoms with E-state index in [4.69, 9.17) is 4.74 Å². The van der Waals surface area contributed by atoms with E-state index in [-0.39, 0.29) is 0 Å². The predicted octanol–water partition coefficient (Wildman–Crippen LogP) is 2.58. The molecule has 1 aliphatic rings. The molecule has 0 aromatic rings. The molecule has 1 rings (SSSR count). The van der Waals surface area contributed by atoms with Crippen molar-refractivity contribution in [1.29, 1.82) is 0 Å². The molecule has 0 spiro atoms. The van der Waals surface area contributed by atoms with Crippen LogP contribution in [0.25, 0.3) is 0 Å². The van der Waals surface area contributed by atoms with E-state index in [1.54, 1.807) is 0 Å². The van der Waals surface area contributed by atoms with Crippen LogP contribution in [0.15, 0.2) is 12.3 Å². The molecule has 1 heteroatoms. The average Bonchev–Trinajstić information content (AvgIpc) is 1.92. The van der Waals surface area contributed by atoms with E-state index in [0.29, 0.717) is 5.92 Å². The van der Waals surface area contributed by atoms with Gasteiger partial charge in [-0.05, 0) is 30.8 Å².